The van der Waals surface area contributed by atoms with Crippen molar-refractivity contribution in [1.29, 1.82) is 0 Å². The molecule has 0 spiro atoms. The minimum atomic E-state index is -0.408. The summed E-state index contributed by atoms with van der Waals surface area (Å²) in [5.74, 6) is 0.479. The lowest BCUT2D eigenvalue weighted by atomic mass is 10.1. The van der Waals surface area contributed by atoms with Gasteiger partial charge >= 0.3 is 6.03 Å². The number of benzene rings is 3. The number of rotatable bonds is 6. The summed E-state index contributed by atoms with van der Waals surface area (Å²) in [6, 6.07) is 19.5. The van der Waals surface area contributed by atoms with Gasteiger partial charge in [0, 0.05) is 0 Å². The molecule has 0 aliphatic carbocycles. The maximum absolute atomic E-state index is 12.9. The summed E-state index contributed by atoms with van der Waals surface area (Å²) in [6.07, 6.45) is 1.71. The summed E-state index contributed by atoms with van der Waals surface area (Å²) in [4.78, 5) is 26.5. The fourth-order valence-corrected chi connectivity index (χ4v) is 5.53. The Morgan fingerprint density at radius 2 is 1.42 bits per heavy atom. The molecular formula is C26H22I2N2O3. The number of hydrogen-bond donors (Lipinski definition) is 1. The predicted molar refractivity (Wildman–Crippen MR) is 146 cm³/mol. The second-order valence-electron chi connectivity index (χ2n) is 7.95. The summed E-state index contributed by atoms with van der Waals surface area (Å²) < 4.78 is 7.94. The quantitative estimate of drug-likeness (QED) is 0.195. The first-order valence-corrected chi connectivity index (χ1v) is 12.5. The molecule has 4 rings (SSSR count). The summed E-state index contributed by atoms with van der Waals surface area (Å²) in [7, 11) is 0. The third-order valence-electron chi connectivity index (χ3n) is 5.26. The van der Waals surface area contributed by atoms with E-state index in [0.717, 1.165) is 35.1 Å². The number of urea groups is 1. The maximum atomic E-state index is 12.9. The fraction of sp³-hybridized carbons (Fsp3) is 0.154. The first-order valence-electron chi connectivity index (χ1n) is 10.4. The molecule has 3 aromatic rings. The number of amides is 3. The summed E-state index contributed by atoms with van der Waals surface area (Å²) >= 11 is 4.47. The molecule has 0 bridgehead atoms. The Labute approximate surface area is 220 Å². The van der Waals surface area contributed by atoms with E-state index in [-0.39, 0.29) is 18.1 Å². The Bertz CT molecular complexity index is 1210. The molecule has 1 heterocycles. The molecule has 7 heteroatoms. The average Bonchev–Trinajstić information content (AvgIpc) is 3.03. The molecule has 1 N–H and O–H groups in total. The van der Waals surface area contributed by atoms with Crippen LogP contribution in [0.4, 0.5) is 4.79 Å². The van der Waals surface area contributed by atoms with Crippen LogP contribution in [0.2, 0.25) is 0 Å². The minimum Gasteiger partial charge on any atom is -0.487 e. The Hall–Kier alpha value is -2.40. The lowest BCUT2D eigenvalue weighted by Crippen LogP contribution is -2.30. The Balaban J connectivity index is 1.49. The summed E-state index contributed by atoms with van der Waals surface area (Å²) in [6.45, 7) is 4.78. The topological polar surface area (TPSA) is 58.6 Å². The molecule has 33 heavy (non-hydrogen) atoms. The van der Waals surface area contributed by atoms with Crippen LogP contribution < -0.4 is 10.1 Å². The third-order valence-corrected chi connectivity index (χ3v) is 6.86. The van der Waals surface area contributed by atoms with Gasteiger partial charge in [0.05, 0.1) is 13.7 Å². The van der Waals surface area contributed by atoms with Crippen LogP contribution in [0.3, 0.4) is 0 Å². The van der Waals surface area contributed by atoms with Crippen molar-refractivity contribution in [2.45, 2.75) is 27.0 Å². The van der Waals surface area contributed by atoms with Crippen LogP contribution in [0.15, 0.2) is 66.4 Å². The van der Waals surface area contributed by atoms with Gasteiger partial charge in [-0.25, -0.2) is 4.79 Å². The lowest BCUT2D eigenvalue weighted by Gasteiger charge is -2.12. The van der Waals surface area contributed by atoms with Gasteiger partial charge < -0.3 is 10.1 Å². The van der Waals surface area contributed by atoms with E-state index in [1.54, 1.807) is 6.08 Å². The number of carbonyl (C=O) groups is 2. The smallest absolute Gasteiger partial charge is 0.329 e. The summed E-state index contributed by atoms with van der Waals surface area (Å²) in [5, 5.41) is 2.70. The van der Waals surface area contributed by atoms with E-state index in [9.17, 15) is 9.59 Å². The summed E-state index contributed by atoms with van der Waals surface area (Å²) in [5.41, 5.74) is 5.45. The van der Waals surface area contributed by atoms with Crippen molar-refractivity contribution >= 4 is 63.2 Å². The standard InChI is InChI=1S/C26H22I2N2O3/c1-16-3-7-18(8-4-16)14-30-25(31)23(29-26(30)32)13-20-11-21(27)24(22(28)12-20)33-15-19-9-5-17(2)6-10-19/h3-13H,14-15H2,1-2H3,(H,29,32)/b23-13+. The van der Waals surface area contributed by atoms with Gasteiger partial charge in [-0.05, 0) is 93.9 Å². The maximum Gasteiger partial charge on any atom is 0.329 e. The van der Waals surface area contributed by atoms with Gasteiger partial charge in [-0.15, -0.1) is 0 Å². The molecule has 0 aromatic heterocycles. The number of imide groups is 1. The van der Waals surface area contributed by atoms with E-state index in [0.29, 0.717) is 6.61 Å². The van der Waals surface area contributed by atoms with Crippen LogP contribution in [0.5, 0.6) is 5.75 Å². The molecule has 1 saturated heterocycles. The van der Waals surface area contributed by atoms with Crippen molar-refractivity contribution in [2.75, 3.05) is 0 Å². The van der Waals surface area contributed by atoms with Gasteiger partial charge in [-0.2, -0.15) is 0 Å². The number of ether oxygens (including phenoxy) is 1. The van der Waals surface area contributed by atoms with Gasteiger partial charge in [0.15, 0.2) is 0 Å². The number of carbonyl (C=O) groups excluding carboxylic acids is 2. The number of nitrogens with zero attached hydrogens (tertiary/aromatic N) is 1. The van der Waals surface area contributed by atoms with E-state index >= 15 is 0 Å². The molecular weight excluding hydrogens is 642 g/mol. The number of aryl methyl sites for hydroxylation is 2. The number of hydrogen-bond acceptors (Lipinski definition) is 3. The minimum absolute atomic E-state index is 0.239. The van der Waals surface area contributed by atoms with Crippen LogP contribution in [-0.2, 0) is 17.9 Å². The van der Waals surface area contributed by atoms with E-state index in [1.165, 1.54) is 10.5 Å². The molecule has 1 fully saturated rings. The molecule has 1 aliphatic heterocycles. The van der Waals surface area contributed by atoms with E-state index < -0.39 is 6.03 Å². The highest BCUT2D eigenvalue weighted by Gasteiger charge is 2.33. The molecule has 168 valence electrons. The number of halogens is 2. The SMILES string of the molecule is Cc1ccc(COc2c(I)cc(/C=C3/NC(=O)N(Cc4ccc(C)cc4)C3=O)cc2I)cc1. The van der Waals surface area contributed by atoms with E-state index in [4.69, 9.17) is 4.74 Å². The van der Waals surface area contributed by atoms with Gasteiger partial charge in [-0.3, -0.25) is 9.69 Å². The lowest BCUT2D eigenvalue weighted by molar-refractivity contribution is -0.123. The average molecular weight is 664 g/mol. The molecule has 3 aromatic carbocycles. The largest absolute Gasteiger partial charge is 0.487 e. The van der Waals surface area contributed by atoms with Crippen molar-refractivity contribution in [2.24, 2.45) is 0 Å². The monoisotopic (exact) mass is 664 g/mol. The van der Waals surface area contributed by atoms with Crippen LogP contribution >= 0.6 is 45.2 Å². The molecule has 0 radical (unpaired) electrons. The van der Waals surface area contributed by atoms with Crippen molar-refractivity contribution in [3.63, 3.8) is 0 Å². The van der Waals surface area contributed by atoms with Crippen molar-refractivity contribution < 1.29 is 14.3 Å². The van der Waals surface area contributed by atoms with Crippen LogP contribution in [0.25, 0.3) is 6.08 Å². The molecule has 3 amide bonds. The highest BCUT2D eigenvalue weighted by Crippen LogP contribution is 2.31. The van der Waals surface area contributed by atoms with Gasteiger partial charge in [0.25, 0.3) is 5.91 Å². The third kappa shape index (κ3) is 5.75. The first-order chi connectivity index (χ1) is 15.8. The second kappa shape index (κ2) is 10.3. The highest BCUT2D eigenvalue weighted by molar-refractivity contribution is 14.1. The van der Waals surface area contributed by atoms with Gasteiger partial charge in [-0.1, -0.05) is 59.7 Å². The zero-order valence-electron chi connectivity index (χ0n) is 18.2. The van der Waals surface area contributed by atoms with E-state index in [1.807, 2.05) is 43.3 Å². The van der Waals surface area contributed by atoms with Crippen molar-refractivity contribution in [3.8, 4) is 5.75 Å². The number of nitrogens with one attached hydrogen (secondary N) is 1. The predicted octanol–water partition coefficient (Wildman–Crippen LogP) is 6.18. The van der Waals surface area contributed by atoms with Crippen LogP contribution in [0.1, 0.15) is 27.8 Å². The van der Waals surface area contributed by atoms with Crippen molar-refractivity contribution in [1.82, 2.24) is 10.2 Å². The Morgan fingerprint density at radius 3 is 2.00 bits per heavy atom. The second-order valence-corrected chi connectivity index (χ2v) is 10.3. The normalized spacial score (nSPS) is 14.7. The molecule has 0 saturated carbocycles. The fourth-order valence-electron chi connectivity index (χ4n) is 3.40. The molecule has 5 nitrogen and oxygen atoms in total. The molecule has 1 aliphatic rings. The Kier molecular flexibility index (Phi) is 7.38. The first kappa shape index (κ1) is 23.7. The highest BCUT2D eigenvalue weighted by atomic mass is 127. The van der Waals surface area contributed by atoms with E-state index in [2.05, 4.69) is 81.7 Å². The molecule has 0 atom stereocenters. The Morgan fingerprint density at radius 1 is 0.879 bits per heavy atom. The molecule has 0 unspecified atom stereocenters. The van der Waals surface area contributed by atoms with Gasteiger partial charge in [0.2, 0.25) is 0 Å². The van der Waals surface area contributed by atoms with Crippen LogP contribution in [0, 0.1) is 21.0 Å². The van der Waals surface area contributed by atoms with Gasteiger partial charge in [0.1, 0.15) is 18.1 Å². The van der Waals surface area contributed by atoms with Crippen molar-refractivity contribution in [3.05, 3.63) is 101 Å². The zero-order valence-corrected chi connectivity index (χ0v) is 22.5. The van der Waals surface area contributed by atoms with Crippen LogP contribution in [-0.4, -0.2) is 16.8 Å². The zero-order chi connectivity index (χ0) is 23.5.